The lowest BCUT2D eigenvalue weighted by Gasteiger charge is -2.15. The molecule has 1 N–H and O–H groups in total. The van der Waals surface area contributed by atoms with Crippen LogP contribution in [0.3, 0.4) is 0 Å². The van der Waals surface area contributed by atoms with E-state index in [-0.39, 0.29) is 11.6 Å². The zero-order chi connectivity index (χ0) is 19.1. The molecular formula is C20H17N5OS2. The first-order valence-electron chi connectivity index (χ1n) is 9.14. The van der Waals surface area contributed by atoms with Crippen LogP contribution in [-0.2, 0) is 12.8 Å². The number of carbonyl (C=O) groups is 1. The summed E-state index contributed by atoms with van der Waals surface area (Å²) in [6.07, 6.45) is 6.27. The average molecular weight is 408 g/mol. The molecule has 0 aliphatic heterocycles. The van der Waals surface area contributed by atoms with Crippen molar-refractivity contribution in [3.63, 3.8) is 0 Å². The Labute approximate surface area is 169 Å². The van der Waals surface area contributed by atoms with Crippen molar-refractivity contribution in [1.29, 1.82) is 0 Å². The second kappa shape index (κ2) is 7.03. The summed E-state index contributed by atoms with van der Waals surface area (Å²) >= 11 is 3.07. The minimum Gasteiger partial charge on any atom is -0.296 e. The smallest absolute Gasteiger partial charge is 0.278 e. The first-order valence-corrected chi connectivity index (χ1v) is 10.8. The number of carbonyl (C=O) groups excluding carboxylic acids is 1. The van der Waals surface area contributed by atoms with Crippen molar-refractivity contribution in [3.8, 4) is 10.7 Å². The highest BCUT2D eigenvalue weighted by Gasteiger charge is 2.23. The summed E-state index contributed by atoms with van der Waals surface area (Å²) in [4.78, 5) is 32.1. The molecule has 1 atom stereocenters. The number of rotatable bonds is 3. The Kier molecular flexibility index (Phi) is 4.37. The highest BCUT2D eigenvalue weighted by molar-refractivity contribution is 7.21. The van der Waals surface area contributed by atoms with Crippen LogP contribution in [-0.4, -0.2) is 25.8 Å². The van der Waals surface area contributed by atoms with Gasteiger partial charge in [0.15, 0.2) is 10.8 Å². The Morgan fingerprint density at radius 1 is 1.14 bits per heavy atom. The van der Waals surface area contributed by atoms with E-state index in [1.807, 2.05) is 24.3 Å². The van der Waals surface area contributed by atoms with Crippen LogP contribution in [0.2, 0.25) is 0 Å². The first-order chi connectivity index (χ1) is 13.7. The molecule has 0 spiro atoms. The van der Waals surface area contributed by atoms with Gasteiger partial charge in [0.1, 0.15) is 10.7 Å². The Hall–Kier alpha value is -2.71. The van der Waals surface area contributed by atoms with E-state index in [0.29, 0.717) is 21.8 Å². The van der Waals surface area contributed by atoms with Gasteiger partial charge in [-0.2, -0.15) is 0 Å². The fourth-order valence-corrected chi connectivity index (χ4v) is 5.51. The third-order valence-electron chi connectivity index (χ3n) is 4.82. The maximum Gasteiger partial charge on any atom is 0.278 e. The Morgan fingerprint density at radius 3 is 2.89 bits per heavy atom. The predicted octanol–water partition coefficient (Wildman–Crippen LogP) is 4.59. The van der Waals surface area contributed by atoms with Gasteiger partial charge in [-0.15, -0.1) is 22.7 Å². The lowest BCUT2D eigenvalue weighted by molar-refractivity contribution is 0.102. The van der Waals surface area contributed by atoms with Crippen molar-refractivity contribution < 1.29 is 4.79 Å². The van der Waals surface area contributed by atoms with E-state index in [9.17, 15) is 4.79 Å². The number of hydrogen-bond acceptors (Lipinski definition) is 7. The number of amides is 1. The van der Waals surface area contributed by atoms with Crippen molar-refractivity contribution in [1.82, 2.24) is 19.9 Å². The number of aryl methyl sites for hydroxylation is 1. The van der Waals surface area contributed by atoms with Gasteiger partial charge in [-0.25, -0.2) is 19.9 Å². The summed E-state index contributed by atoms with van der Waals surface area (Å²) in [5.41, 5.74) is 2.77. The van der Waals surface area contributed by atoms with Crippen LogP contribution in [0.1, 0.15) is 34.4 Å². The summed E-state index contributed by atoms with van der Waals surface area (Å²) in [5, 5.41) is 4.23. The standard InChI is InChI=1S/C20H17N5OS2/c1-11-6-7-13-15(10-11)28-20(24-13)25-18(26)16-17(22-9-8-21-16)19-23-12-4-2-3-5-14(12)27-19/h2-5,8-9,11H,6-7,10H2,1H3,(H,24,25,26). The minimum atomic E-state index is -0.304. The van der Waals surface area contributed by atoms with Crippen LogP contribution in [0.5, 0.6) is 0 Å². The van der Waals surface area contributed by atoms with Crippen LogP contribution in [0.4, 0.5) is 5.13 Å². The van der Waals surface area contributed by atoms with E-state index in [4.69, 9.17) is 0 Å². The number of fused-ring (bicyclic) bond motifs is 2. The molecule has 1 aliphatic rings. The summed E-state index contributed by atoms with van der Waals surface area (Å²) in [7, 11) is 0. The number of hydrogen-bond donors (Lipinski definition) is 1. The second-order valence-corrected chi connectivity index (χ2v) is 9.05. The van der Waals surface area contributed by atoms with Crippen LogP contribution in [0.15, 0.2) is 36.7 Å². The highest BCUT2D eigenvalue weighted by Crippen LogP contribution is 2.33. The van der Waals surface area contributed by atoms with Crippen LogP contribution < -0.4 is 5.32 Å². The molecular weight excluding hydrogens is 390 g/mol. The van der Waals surface area contributed by atoms with Crippen molar-refractivity contribution in [3.05, 3.63) is 52.9 Å². The quantitative estimate of drug-likeness (QED) is 0.537. The summed E-state index contributed by atoms with van der Waals surface area (Å²) in [6, 6.07) is 7.88. The van der Waals surface area contributed by atoms with Crippen molar-refractivity contribution in [2.45, 2.75) is 26.2 Å². The topological polar surface area (TPSA) is 80.7 Å². The molecule has 1 aliphatic carbocycles. The molecule has 8 heteroatoms. The second-order valence-electron chi connectivity index (χ2n) is 6.93. The Balaban J connectivity index is 1.46. The zero-order valence-corrected chi connectivity index (χ0v) is 16.8. The number of thiazole rings is 2. The van der Waals surface area contributed by atoms with E-state index < -0.39 is 0 Å². The maximum atomic E-state index is 12.9. The molecule has 6 nitrogen and oxygen atoms in total. The molecule has 1 unspecified atom stereocenters. The SMILES string of the molecule is CC1CCc2nc(NC(=O)c3nccnc3-c3nc4ccccc4s3)sc2C1. The molecule has 0 radical (unpaired) electrons. The number of anilines is 1. The van der Waals surface area contributed by atoms with Crippen molar-refractivity contribution in [2.24, 2.45) is 5.92 Å². The van der Waals surface area contributed by atoms with Gasteiger partial charge in [0.05, 0.1) is 15.9 Å². The van der Waals surface area contributed by atoms with Crippen molar-refractivity contribution in [2.75, 3.05) is 5.32 Å². The molecule has 0 bridgehead atoms. The summed E-state index contributed by atoms with van der Waals surface area (Å²) < 4.78 is 1.05. The van der Waals surface area contributed by atoms with Gasteiger partial charge in [0.2, 0.25) is 0 Å². The van der Waals surface area contributed by atoms with Gasteiger partial charge in [-0.05, 0) is 37.3 Å². The number of para-hydroxylation sites is 1. The number of nitrogens with zero attached hydrogens (tertiary/aromatic N) is 4. The molecule has 140 valence electrons. The number of aromatic nitrogens is 4. The average Bonchev–Trinajstić information content (AvgIpc) is 3.30. The van der Waals surface area contributed by atoms with Gasteiger partial charge >= 0.3 is 0 Å². The van der Waals surface area contributed by atoms with E-state index in [0.717, 1.165) is 35.2 Å². The first kappa shape index (κ1) is 17.4. The molecule has 1 aromatic carbocycles. The predicted molar refractivity (Wildman–Crippen MR) is 112 cm³/mol. The fourth-order valence-electron chi connectivity index (χ4n) is 3.38. The lowest BCUT2D eigenvalue weighted by Crippen LogP contribution is -2.15. The number of nitrogens with one attached hydrogen (secondary N) is 1. The van der Waals surface area contributed by atoms with Gasteiger partial charge < -0.3 is 0 Å². The van der Waals surface area contributed by atoms with Crippen LogP contribution in [0.25, 0.3) is 20.9 Å². The Bertz CT molecular complexity index is 1150. The maximum absolute atomic E-state index is 12.9. The normalized spacial score (nSPS) is 16.1. The van der Waals surface area contributed by atoms with E-state index >= 15 is 0 Å². The molecule has 0 saturated carbocycles. The van der Waals surface area contributed by atoms with Gasteiger partial charge in [-0.1, -0.05) is 19.1 Å². The molecule has 3 aromatic heterocycles. The van der Waals surface area contributed by atoms with Gasteiger partial charge in [-0.3, -0.25) is 10.1 Å². The molecule has 5 rings (SSSR count). The van der Waals surface area contributed by atoms with Crippen molar-refractivity contribution >= 4 is 43.9 Å². The fraction of sp³-hybridized carbons (Fsp3) is 0.250. The van der Waals surface area contributed by atoms with E-state index in [2.05, 4.69) is 32.2 Å². The van der Waals surface area contributed by atoms with Gasteiger partial charge in [0.25, 0.3) is 5.91 Å². The summed E-state index contributed by atoms with van der Waals surface area (Å²) in [5.74, 6) is 0.364. The monoisotopic (exact) mass is 407 g/mol. The third kappa shape index (κ3) is 3.18. The van der Waals surface area contributed by atoms with Crippen LogP contribution >= 0.6 is 22.7 Å². The molecule has 0 fully saturated rings. The highest BCUT2D eigenvalue weighted by atomic mass is 32.1. The zero-order valence-electron chi connectivity index (χ0n) is 15.2. The lowest BCUT2D eigenvalue weighted by atomic mass is 9.93. The molecule has 1 amide bonds. The minimum absolute atomic E-state index is 0.267. The molecule has 3 heterocycles. The summed E-state index contributed by atoms with van der Waals surface area (Å²) in [6.45, 7) is 2.25. The molecule has 0 saturated heterocycles. The largest absolute Gasteiger partial charge is 0.296 e. The third-order valence-corrected chi connectivity index (χ3v) is 6.89. The molecule has 28 heavy (non-hydrogen) atoms. The molecule has 4 aromatic rings. The van der Waals surface area contributed by atoms with Gasteiger partial charge in [0, 0.05) is 17.3 Å². The number of benzene rings is 1. The van der Waals surface area contributed by atoms with E-state index in [1.165, 1.54) is 22.4 Å². The Morgan fingerprint density at radius 2 is 2.00 bits per heavy atom. The van der Waals surface area contributed by atoms with Crippen LogP contribution in [0, 0.1) is 5.92 Å². The van der Waals surface area contributed by atoms with E-state index in [1.54, 1.807) is 17.5 Å².